The lowest BCUT2D eigenvalue weighted by Crippen LogP contribution is -2.58. The number of carboxylic acid groups (broad SMARTS) is 1. The van der Waals surface area contributed by atoms with Crippen LogP contribution in [0.25, 0.3) is 0 Å². The number of nitrogens with two attached hydrogens (primary N) is 3. The van der Waals surface area contributed by atoms with Gasteiger partial charge in [-0.25, -0.2) is 4.79 Å². The molecule has 1 rings (SSSR count). The number of hydrogen-bond donors (Lipinski definition) is 7. The van der Waals surface area contributed by atoms with Crippen molar-refractivity contribution >= 4 is 35.5 Å². The van der Waals surface area contributed by atoms with Crippen molar-refractivity contribution in [2.45, 2.75) is 56.3 Å². The third-order valence-corrected chi connectivity index (χ3v) is 4.69. The van der Waals surface area contributed by atoms with Gasteiger partial charge >= 0.3 is 5.97 Å². The monoisotopic (exact) mass is 444 g/mol. The molecule has 0 aliphatic carbocycles. The molecule has 1 aliphatic rings. The molecule has 1 saturated heterocycles. The predicted molar refractivity (Wildman–Crippen MR) is 104 cm³/mol. The molecule has 14 heteroatoms. The topological polar surface area (TPSA) is 248 Å². The first-order valence-electron chi connectivity index (χ1n) is 9.55. The van der Waals surface area contributed by atoms with Crippen LogP contribution in [0, 0.1) is 0 Å². The van der Waals surface area contributed by atoms with Gasteiger partial charge in [-0.15, -0.1) is 0 Å². The first-order chi connectivity index (χ1) is 14.5. The van der Waals surface area contributed by atoms with E-state index in [1.807, 2.05) is 0 Å². The Morgan fingerprint density at radius 1 is 1.00 bits per heavy atom. The number of likely N-dealkylation sites (tertiary alicyclic amines) is 1. The fourth-order valence-electron chi connectivity index (χ4n) is 3.09. The van der Waals surface area contributed by atoms with Crippen LogP contribution in [0.15, 0.2) is 0 Å². The van der Waals surface area contributed by atoms with Gasteiger partial charge in [-0.1, -0.05) is 0 Å². The molecular weight excluding hydrogens is 416 g/mol. The number of aliphatic hydroxyl groups is 1. The smallest absolute Gasteiger partial charge is 0.326 e. The van der Waals surface area contributed by atoms with Crippen LogP contribution in [-0.4, -0.2) is 87.9 Å². The summed E-state index contributed by atoms with van der Waals surface area (Å²) in [5.74, 6) is -5.42. The van der Waals surface area contributed by atoms with E-state index in [9.17, 15) is 39.0 Å². The average Bonchev–Trinajstić information content (AvgIpc) is 3.17. The van der Waals surface area contributed by atoms with E-state index in [1.54, 1.807) is 0 Å². The van der Waals surface area contributed by atoms with Gasteiger partial charge in [-0.05, 0) is 19.3 Å². The minimum Gasteiger partial charge on any atom is -0.480 e. The number of nitrogens with zero attached hydrogens (tertiary/aromatic N) is 1. The molecule has 5 amide bonds. The molecule has 0 aromatic rings. The molecule has 31 heavy (non-hydrogen) atoms. The van der Waals surface area contributed by atoms with E-state index in [-0.39, 0.29) is 25.8 Å². The normalized spacial score (nSPS) is 18.5. The highest BCUT2D eigenvalue weighted by Crippen LogP contribution is 2.19. The average molecular weight is 444 g/mol. The number of primary amides is 2. The molecule has 0 bridgehead atoms. The maximum absolute atomic E-state index is 12.8. The van der Waals surface area contributed by atoms with Crippen molar-refractivity contribution < 1.29 is 39.0 Å². The number of hydrogen-bond acceptors (Lipinski definition) is 8. The maximum Gasteiger partial charge on any atom is 0.326 e. The van der Waals surface area contributed by atoms with Gasteiger partial charge in [0.1, 0.15) is 18.1 Å². The Labute approximate surface area is 177 Å². The van der Waals surface area contributed by atoms with Crippen LogP contribution in [0.4, 0.5) is 0 Å². The van der Waals surface area contributed by atoms with Gasteiger partial charge in [0.15, 0.2) is 0 Å². The molecule has 0 radical (unpaired) electrons. The van der Waals surface area contributed by atoms with Crippen LogP contribution in [0.1, 0.15) is 32.1 Å². The standard InChI is InChI=1S/C17H28N6O8/c18-8(6-13(20)26)14(27)22-10(7-24)15(28)21-9(3-4-12(19)25)16(29)23-5-1-2-11(23)17(30)31/h8-11,24H,1-7,18H2,(H2,19,25)(H2,20,26)(H,21,28)(H,22,27)(H,30,31). The van der Waals surface area contributed by atoms with Gasteiger partial charge in [0.25, 0.3) is 0 Å². The summed E-state index contributed by atoms with van der Waals surface area (Å²) in [6.07, 6.45) is -0.286. The maximum atomic E-state index is 12.8. The summed E-state index contributed by atoms with van der Waals surface area (Å²) >= 11 is 0. The second-order valence-corrected chi connectivity index (χ2v) is 7.11. The zero-order chi connectivity index (χ0) is 23.7. The minimum absolute atomic E-state index is 0.154. The Morgan fingerprint density at radius 3 is 2.13 bits per heavy atom. The van der Waals surface area contributed by atoms with Gasteiger partial charge in [0.05, 0.1) is 19.1 Å². The second-order valence-electron chi connectivity index (χ2n) is 7.11. The largest absolute Gasteiger partial charge is 0.480 e. The fraction of sp³-hybridized carbons (Fsp3) is 0.647. The molecule has 14 nitrogen and oxygen atoms in total. The number of aliphatic hydroxyl groups excluding tert-OH is 1. The van der Waals surface area contributed by atoms with Gasteiger partial charge in [0, 0.05) is 13.0 Å². The van der Waals surface area contributed by atoms with E-state index in [4.69, 9.17) is 17.2 Å². The molecule has 4 unspecified atom stereocenters. The van der Waals surface area contributed by atoms with Gasteiger partial charge in [-0.3, -0.25) is 24.0 Å². The fourth-order valence-corrected chi connectivity index (χ4v) is 3.09. The molecular formula is C17H28N6O8. The van der Waals surface area contributed by atoms with Crippen LogP contribution in [0.2, 0.25) is 0 Å². The molecule has 1 heterocycles. The highest BCUT2D eigenvalue weighted by Gasteiger charge is 2.38. The summed E-state index contributed by atoms with van der Waals surface area (Å²) in [4.78, 5) is 71.8. The number of carbonyl (C=O) groups is 6. The molecule has 1 fully saturated rings. The third kappa shape index (κ3) is 7.82. The molecule has 10 N–H and O–H groups in total. The van der Waals surface area contributed by atoms with Gasteiger partial charge < -0.3 is 42.9 Å². The number of nitrogens with one attached hydrogen (secondary N) is 2. The molecule has 4 atom stereocenters. The summed E-state index contributed by atoms with van der Waals surface area (Å²) in [5.41, 5.74) is 15.5. The quantitative estimate of drug-likeness (QED) is 0.153. The first kappa shape index (κ1) is 25.8. The molecule has 1 aliphatic heterocycles. The number of carbonyl (C=O) groups excluding carboxylic acids is 5. The van der Waals surface area contributed by atoms with Crippen molar-refractivity contribution in [2.24, 2.45) is 17.2 Å². The minimum atomic E-state index is -1.52. The Hall–Kier alpha value is -3.26. The second kappa shape index (κ2) is 11.8. The SMILES string of the molecule is NC(=O)CCC(NC(=O)C(CO)NC(=O)C(N)CC(N)=O)C(=O)N1CCCC1C(=O)O. The van der Waals surface area contributed by atoms with Gasteiger partial charge in [0.2, 0.25) is 29.5 Å². The molecule has 174 valence electrons. The lowest BCUT2D eigenvalue weighted by Gasteiger charge is -2.28. The Balaban J connectivity index is 2.91. The van der Waals surface area contributed by atoms with Crippen LogP contribution in [-0.2, 0) is 28.8 Å². The predicted octanol–water partition coefficient (Wildman–Crippen LogP) is -4.51. The summed E-state index contributed by atoms with van der Waals surface area (Å²) in [6.45, 7) is -0.708. The third-order valence-electron chi connectivity index (χ3n) is 4.69. The summed E-state index contributed by atoms with van der Waals surface area (Å²) in [6, 6.07) is -5.26. The van der Waals surface area contributed by atoms with E-state index in [1.165, 1.54) is 0 Å². The van der Waals surface area contributed by atoms with Crippen molar-refractivity contribution in [1.82, 2.24) is 15.5 Å². The first-order valence-corrected chi connectivity index (χ1v) is 9.55. The molecule has 0 spiro atoms. The number of aliphatic carboxylic acids is 1. The van der Waals surface area contributed by atoms with Crippen LogP contribution in [0.3, 0.4) is 0 Å². The lowest BCUT2D eigenvalue weighted by molar-refractivity contribution is -0.149. The van der Waals surface area contributed by atoms with Gasteiger partial charge in [-0.2, -0.15) is 0 Å². The molecule has 0 saturated carbocycles. The van der Waals surface area contributed by atoms with E-state index < -0.39 is 72.7 Å². The van der Waals surface area contributed by atoms with Crippen LogP contribution in [0.5, 0.6) is 0 Å². The van der Waals surface area contributed by atoms with E-state index in [0.717, 1.165) is 4.90 Å². The summed E-state index contributed by atoms with van der Waals surface area (Å²) in [5, 5.41) is 23.2. The number of amides is 5. The van der Waals surface area contributed by atoms with Crippen LogP contribution < -0.4 is 27.8 Å². The highest BCUT2D eigenvalue weighted by molar-refractivity contribution is 5.95. The Bertz CT molecular complexity index is 729. The summed E-state index contributed by atoms with van der Waals surface area (Å²) in [7, 11) is 0. The lowest BCUT2D eigenvalue weighted by atomic mass is 10.1. The number of rotatable bonds is 12. The zero-order valence-electron chi connectivity index (χ0n) is 16.8. The van der Waals surface area contributed by atoms with Crippen LogP contribution >= 0.6 is 0 Å². The molecule has 0 aromatic heterocycles. The molecule has 0 aromatic carbocycles. The highest BCUT2D eigenvalue weighted by atomic mass is 16.4. The Morgan fingerprint density at radius 2 is 1.61 bits per heavy atom. The zero-order valence-corrected chi connectivity index (χ0v) is 16.8. The van der Waals surface area contributed by atoms with Crippen molar-refractivity contribution in [1.29, 1.82) is 0 Å². The van der Waals surface area contributed by atoms with Crippen molar-refractivity contribution in [3.8, 4) is 0 Å². The van der Waals surface area contributed by atoms with Crippen molar-refractivity contribution in [2.75, 3.05) is 13.2 Å². The van der Waals surface area contributed by atoms with Crippen molar-refractivity contribution in [3.05, 3.63) is 0 Å². The van der Waals surface area contributed by atoms with E-state index in [2.05, 4.69) is 10.6 Å². The Kier molecular flexibility index (Phi) is 9.82. The van der Waals surface area contributed by atoms with E-state index in [0.29, 0.717) is 6.42 Å². The van der Waals surface area contributed by atoms with Crippen molar-refractivity contribution in [3.63, 3.8) is 0 Å². The van der Waals surface area contributed by atoms with E-state index >= 15 is 0 Å². The number of carboxylic acids is 1. The summed E-state index contributed by atoms with van der Waals surface area (Å²) < 4.78 is 0.